The molecular weight excluding hydrogens is 312 g/mol. The van der Waals surface area contributed by atoms with E-state index in [4.69, 9.17) is 10.2 Å². The Labute approximate surface area is 144 Å². The smallest absolute Gasteiger partial charge is 0.327 e. The third-order valence-corrected chi connectivity index (χ3v) is 3.93. The number of carboxylic acids is 2. The lowest BCUT2D eigenvalue weighted by atomic mass is 9.78. The lowest BCUT2D eigenvalue weighted by Crippen LogP contribution is -2.30. The summed E-state index contributed by atoms with van der Waals surface area (Å²) in [5, 5.41) is 33.9. The van der Waals surface area contributed by atoms with Crippen molar-refractivity contribution in [2.24, 2.45) is 5.41 Å². The number of aliphatic carboxylic acids is 2. The largest absolute Gasteiger partial charge is 0.478 e. The molecule has 140 valence electrons. The number of hydrogen-bond acceptors (Lipinski definition) is 4. The van der Waals surface area contributed by atoms with Gasteiger partial charge in [0.2, 0.25) is 0 Å². The molecule has 0 radical (unpaired) electrons. The van der Waals surface area contributed by atoms with Gasteiger partial charge in [-0.05, 0) is 12.8 Å². The second-order valence-electron chi connectivity index (χ2n) is 5.88. The van der Waals surface area contributed by atoms with Crippen molar-refractivity contribution < 1.29 is 30.0 Å². The highest BCUT2D eigenvalue weighted by Crippen LogP contribution is 2.32. The van der Waals surface area contributed by atoms with Crippen molar-refractivity contribution >= 4 is 11.9 Å². The topological polar surface area (TPSA) is 115 Å². The molecule has 0 aliphatic heterocycles. The first kappa shape index (κ1) is 24.6. The lowest BCUT2D eigenvalue weighted by molar-refractivity contribution is -0.132. The van der Waals surface area contributed by atoms with Gasteiger partial charge in [0.15, 0.2) is 0 Å². The van der Waals surface area contributed by atoms with Crippen molar-refractivity contribution in [1.29, 1.82) is 0 Å². The van der Waals surface area contributed by atoms with Crippen LogP contribution in [-0.4, -0.2) is 45.6 Å². The molecule has 0 bridgehead atoms. The van der Waals surface area contributed by atoms with Crippen LogP contribution in [0.15, 0.2) is 25.3 Å². The molecule has 1 aliphatic rings. The molecule has 0 spiro atoms. The highest BCUT2D eigenvalue weighted by Gasteiger charge is 2.27. The second-order valence-corrected chi connectivity index (χ2v) is 5.88. The third kappa shape index (κ3) is 15.2. The molecule has 0 aromatic carbocycles. The van der Waals surface area contributed by atoms with Crippen molar-refractivity contribution in [3.8, 4) is 0 Å². The van der Waals surface area contributed by atoms with Gasteiger partial charge in [0.1, 0.15) is 0 Å². The summed E-state index contributed by atoms with van der Waals surface area (Å²) in [6.07, 6.45) is 12.6. The van der Waals surface area contributed by atoms with Gasteiger partial charge in [0.05, 0.1) is 13.2 Å². The second kappa shape index (κ2) is 16.2. The molecule has 6 heteroatoms. The summed E-state index contributed by atoms with van der Waals surface area (Å²) in [6, 6.07) is 0. The maximum Gasteiger partial charge on any atom is 0.327 e. The van der Waals surface area contributed by atoms with Crippen LogP contribution < -0.4 is 0 Å². The Kier molecular flexibility index (Phi) is 16.6. The van der Waals surface area contributed by atoms with Crippen molar-refractivity contribution in [1.82, 2.24) is 0 Å². The number of rotatable bonds is 4. The van der Waals surface area contributed by atoms with E-state index < -0.39 is 11.9 Å². The van der Waals surface area contributed by atoms with Gasteiger partial charge < -0.3 is 20.4 Å². The van der Waals surface area contributed by atoms with Crippen LogP contribution >= 0.6 is 0 Å². The lowest BCUT2D eigenvalue weighted by Gasteiger charge is -2.30. The van der Waals surface area contributed by atoms with Gasteiger partial charge in [-0.2, -0.15) is 0 Å². The molecule has 0 aromatic heterocycles. The van der Waals surface area contributed by atoms with Crippen LogP contribution in [0.3, 0.4) is 0 Å². The Bertz CT molecular complexity index is 331. The Hall–Kier alpha value is -1.66. The quantitative estimate of drug-likeness (QED) is 0.583. The summed E-state index contributed by atoms with van der Waals surface area (Å²) in [7, 11) is 0. The van der Waals surface area contributed by atoms with Gasteiger partial charge in [0, 0.05) is 17.6 Å². The minimum atomic E-state index is -0.981. The van der Waals surface area contributed by atoms with Crippen molar-refractivity contribution in [2.45, 2.75) is 57.8 Å². The fourth-order valence-corrected chi connectivity index (χ4v) is 2.38. The van der Waals surface area contributed by atoms with Crippen LogP contribution in [0.25, 0.3) is 0 Å². The Morgan fingerprint density at radius 2 is 1.00 bits per heavy atom. The summed E-state index contributed by atoms with van der Waals surface area (Å²) < 4.78 is 0. The molecule has 6 nitrogen and oxygen atoms in total. The van der Waals surface area contributed by atoms with Gasteiger partial charge in [-0.25, -0.2) is 9.59 Å². The molecule has 4 N–H and O–H groups in total. The Balaban J connectivity index is 0. The first-order valence-corrected chi connectivity index (χ1v) is 8.30. The van der Waals surface area contributed by atoms with Crippen LogP contribution in [0.5, 0.6) is 0 Å². The maximum absolute atomic E-state index is 9.36. The first-order chi connectivity index (χ1) is 11.4. The van der Waals surface area contributed by atoms with E-state index >= 15 is 0 Å². The Morgan fingerprint density at radius 1 is 0.750 bits per heavy atom. The predicted molar refractivity (Wildman–Crippen MR) is 93.8 cm³/mol. The molecule has 0 amide bonds. The van der Waals surface area contributed by atoms with Crippen molar-refractivity contribution in [3.05, 3.63) is 25.3 Å². The number of aliphatic hydroxyl groups excluding tert-OH is 2. The maximum atomic E-state index is 9.36. The van der Waals surface area contributed by atoms with Crippen molar-refractivity contribution in [2.75, 3.05) is 13.2 Å². The van der Waals surface area contributed by atoms with Crippen LogP contribution in [0.1, 0.15) is 57.8 Å². The van der Waals surface area contributed by atoms with Crippen LogP contribution in [0.4, 0.5) is 0 Å². The van der Waals surface area contributed by atoms with Crippen molar-refractivity contribution in [3.63, 3.8) is 0 Å². The van der Waals surface area contributed by atoms with Gasteiger partial charge in [-0.15, -0.1) is 0 Å². The fraction of sp³-hybridized carbons (Fsp3) is 0.667. The number of carbonyl (C=O) groups is 2. The molecule has 0 aromatic rings. The highest BCUT2D eigenvalue weighted by atomic mass is 16.4. The van der Waals surface area contributed by atoms with E-state index in [0.29, 0.717) is 0 Å². The van der Waals surface area contributed by atoms with Gasteiger partial charge in [-0.3, -0.25) is 0 Å². The van der Waals surface area contributed by atoms with E-state index in [1.807, 2.05) is 0 Å². The van der Waals surface area contributed by atoms with E-state index in [-0.39, 0.29) is 18.6 Å². The summed E-state index contributed by atoms with van der Waals surface area (Å²) in [5.74, 6) is -1.96. The SMILES string of the molecule is C=CC(=O)O.C=CC(=O)O.OCC1(CO)CCCCCCCCC1. The average molecular weight is 344 g/mol. The standard InChI is InChI=1S/C12H24O2.2C3H4O2/c13-10-12(11-14)8-6-4-2-1-3-5-7-9-12;2*1-2-3(4)5/h13-14H,1-11H2;2*2H,1H2,(H,4,5). The average Bonchev–Trinajstić information content (AvgIpc) is 2.60. The van der Waals surface area contributed by atoms with Crippen LogP contribution in [0, 0.1) is 5.41 Å². The summed E-state index contributed by atoms with van der Waals surface area (Å²) in [4.78, 5) is 18.5. The van der Waals surface area contributed by atoms with E-state index in [9.17, 15) is 19.8 Å². The normalized spacial score (nSPS) is 16.9. The van der Waals surface area contributed by atoms with Crippen LogP contribution in [0.2, 0.25) is 0 Å². The minimum Gasteiger partial charge on any atom is -0.478 e. The number of carboxylic acid groups (broad SMARTS) is 2. The molecule has 24 heavy (non-hydrogen) atoms. The molecule has 1 aliphatic carbocycles. The van der Waals surface area contributed by atoms with Crippen LogP contribution in [-0.2, 0) is 9.59 Å². The Morgan fingerprint density at radius 3 is 1.21 bits per heavy atom. The zero-order valence-corrected chi connectivity index (χ0v) is 14.5. The molecule has 1 rings (SSSR count). The van der Waals surface area contributed by atoms with E-state index in [0.717, 1.165) is 25.0 Å². The van der Waals surface area contributed by atoms with Gasteiger partial charge in [0.25, 0.3) is 0 Å². The monoisotopic (exact) mass is 344 g/mol. The van der Waals surface area contributed by atoms with E-state index in [1.54, 1.807) is 0 Å². The highest BCUT2D eigenvalue weighted by molar-refractivity contribution is 5.79. The number of aliphatic hydroxyl groups is 2. The predicted octanol–water partition coefficient (Wildman–Crippen LogP) is 3.00. The third-order valence-electron chi connectivity index (χ3n) is 3.93. The van der Waals surface area contributed by atoms with E-state index in [1.165, 1.54) is 44.9 Å². The summed E-state index contributed by atoms with van der Waals surface area (Å²) >= 11 is 0. The fourth-order valence-electron chi connectivity index (χ4n) is 2.38. The number of hydrogen-bond donors (Lipinski definition) is 4. The zero-order valence-electron chi connectivity index (χ0n) is 14.5. The van der Waals surface area contributed by atoms with Gasteiger partial charge in [-0.1, -0.05) is 58.1 Å². The zero-order chi connectivity index (χ0) is 18.8. The summed E-state index contributed by atoms with van der Waals surface area (Å²) in [6.45, 7) is 6.23. The first-order valence-electron chi connectivity index (χ1n) is 8.30. The molecule has 1 fully saturated rings. The molecular formula is C18H32O6. The molecule has 0 saturated heterocycles. The molecule has 0 unspecified atom stereocenters. The molecule has 1 saturated carbocycles. The molecule has 0 heterocycles. The summed E-state index contributed by atoms with van der Waals surface area (Å²) in [5.41, 5.74) is -0.169. The van der Waals surface area contributed by atoms with Gasteiger partial charge >= 0.3 is 11.9 Å². The molecule has 0 atom stereocenters. The minimum absolute atomic E-state index is 0.156. The van der Waals surface area contributed by atoms with E-state index in [2.05, 4.69) is 13.2 Å².